The molecule has 0 amide bonds. The molecular weight excluding hydrogens is 236 g/mol. The number of para-hydroxylation sites is 2. The van der Waals surface area contributed by atoms with E-state index in [2.05, 4.69) is 9.97 Å². The highest BCUT2D eigenvalue weighted by molar-refractivity contribution is 6.33. The van der Waals surface area contributed by atoms with Gasteiger partial charge in [-0.2, -0.15) is 0 Å². The fourth-order valence-electron chi connectivity index (χ4n) is 1.88. The molecule has 4 heteroatoms. The molecule has 3 rings (SSSR count). The molecule has 0 saturated carbocycles. The maximum atomic E-state index is 9.91. The molecule has 0 aliphatic rings. The van der Waals surface area contributed by atoms with E-state index in [1.807, 2.05) is 31.2 Å². The zero-order chi connectivity index (χ0) is 12.0. The van der Waals surface area contributed by atoms with Crippen molar-refractivity contribution in [3.8, 4) is 5.75 Å². The van der Waals surface area contributed by atoms with E-state index in [4.69, 9.17) is 11.6 Å². The van der Waals surface area contributed by atoms with Crippen LogP contribution in [0.25, 0.3) is 22.1 Å². The molecule has 0 unspecified atom stereocenters. The van der Waals surface area contributed by atoms with Crippen LogP contribution in [-0.2, 0) is 0 Å². The number of benzene rings is 2. The van der Waals surface area contributed by atoms with Crippen molar-refractivity contribution in [3.05, 3.63) is 40.9 Å². The summed E-state index contributed by atoms with van der Waals surface area (Å²) in [4.78, 5) is 8.90. The van der Waals surface area contributed by atoms with E-state index in [1.165, 1.54) is 0 Å². The van der Waals surface area contributed by atoms with E-state index < -0.39 is 0 Å². The first-order chi connectivity index (χ1) is 8.16. The van der Waals surface area contributed by atoms with Gasteiger partial charge in [-0.1, -0.05) is 23.7 Å². The molecule has 0 saturated heterocycles. The van der Waals surface area contributed by atoms with Crippen LogP contribution in [0, 0.1) is 6.92 Å². The van der Waals surface area contributed by atoms with Gasteiger partial charge in [0, 0.05) is 0 Å². The van der Waals surface area contributed by atoms with Gasteiger partial charge in [-0.15, -0.1) is 0 Å². The van der Waals surface area contributed by atoms with E-state index >= 15 is 0 Å². The highest BCUT2D eigenvalue weighted by atomic mass is 35.5. The summed E-state index contributed by atoms with van der Waals surface area (Å²) in [6, 6.07) is 9.25. The Bertz CT molecular complexity index is 740. The number of rotatable bonds is 0. The lowest BCUT2D eigenvalue weighted by Gasteiger charge is -2.06. The molecule has 0 radical (unpaired) electrons. The molecule has 3 aromatic rings. The number of hydrogen-bond donors (Lipinski definition) is 1. The summed E-state index contributed by atoms with van der Waals surface area (Å²) < 4.78 is 0. The summed E-state index contributed by atoms with van der Waals surface area (Å²) >= 11 is 5.93. The fraction of sp³-hybridized carbons (Fsp3) is 0.0769. The van der Waals surface area contributed by atoms with E-state index in [0.29, 0.717) is 16.1 Å². The lowest BCUT2D eigenvalue weighted by atomic mass is 10.1. The second kappa shape index (κ2) is 3.57. The number of phenolic OH excluding ortho intramolecular Hbond substituents is 1. The second-order valence-electron chi connectivity index (χ2n) is 3.93. The number of aryl methyl sites for hydroxylation is 1. The molecule has 3 nitrogen and oxygen atoms in total. The smallest absolute Gasteiger partial charge is 0.162 e. The standard InChI is InChI=1S/C13H9ClN2O/c1-7-6-8(14)13(17)12-11(7)15-9-4-2-3-5-10(9)16-12/h2-6,17H,1H3. The third-order valence-corrected chi connectivity index (χ3v) is 3.03. The third-order valence-electron chi connectivity index (χ3n) is 2.74. The van der Waals surface area contributed by atoms with Gasteiger partial charge in [-0.05, 0) is 30.7 Å². The molecule has 84 valence electrons. The Kier molecular flexibility index (Phi) is 2.16. The van der Waals surface area contributed by atoms with Gasteiger partial charge in [0.15, 0.2) is 5.75 Å². The number of halogens is 1. The Morgan fingerprint density at radius 3 is 2.29 bits per heavy atom. The Morgan fingerprint density at radius 2 is 1.65 bits per heavy atom. The number of aromatic nitrogens is 2. The molecule has 1 aromatic heterocycles. The van der Waals surface area contributed by atoms with E-state index in [-0.39, 0.29) is 5.75 Å². The van der Waals surface area contributed by atoms with Gasteiger partial charge in [0.1, 0.15) is 5.52 Å². The Morgan fingerprint density at radius 1 is 1.06 bits per heavy atom. The molecule has 0 spiro atoms. The van der Waals surface area contributed by atoms with Crippen molar-refractivity contribution >= 4 is 33.7 Å². The van der Waals surface area contributed by atoms with E-state index in [1.54, 1.807) is 6.07 Å². The molecule has 0 atom stereocenters. The molecule has 17 heavy (non-hydrogen) atoms. The minimum absolute atomic E-state index is 0.00878. The van der Waals surface area contributed by atoms with Crippen LogP contribution in [0.2, 0.25) is 5.02 Å². The molecule has 1 N–H and O–H groups in total. The largest absolute Gasteiger partial charge is 0.504 e. The highest BCUT2D eigenvalue weighted by Gasteiger charge is 2.11. The third kappa shape index (κ3) is 1.51. The summed E-state index contributed by atoms with van der Waals surface area (Å²) in [6.45, 7) is 1.90. The number of phenols is 1. The summed E-state index contributed by atoms with van der Waals surface area (Å²) in [5.74, 6) is -0.00878. The van der Waals surface area contributed by atoms with E-state index in [9.17, 15) is 5.11 Å². The second-order valence-corrected chi connectivity index (χ2v) is 4.34. The molecule has 0 aliphatic heterocycles. The molecule has 0 aliphatic carbocycles. The van der Waals surface area contributed by atoms with Crippen LogP contribution in [0.3, 0.4) is 0 Å². The first-order valence-corrected chi connectivity index (χ1v) is 5.59. The first-order valence-electron chi connectivity index (χ1n) is 5.21. The molecule has 0 bridgehead atoms. The SMILES string of the molecule is Cc1cc(Cl)c(O)c2nc3ccccc3nc12. The Labute approximate surface area is 103 Å². The van der Waals surface area contributed by atoms with Crippen molar-refractivity contribution in [1.82, 2.24) is 9.97 Å². The van der Waals surface area contributed by atoms with Gasteiger partial charge in [-0.25, -0.2) is 9.97 Å². The van der Waals surface area contributed by atoms with Crippen LogP contribution in [0.15, 0.2) is 30.3 Å². The van der Waals surface area contributed by atoms with Crippen molar-refractivity contribution < 1.29 is 5.11 Å². The summed E-state index contributed by atoms with van der Waals surface area (Å²) in [5, 5.41) is 10.2. The van der Waals surface area contributed by atoms with E-state index in [0.717, 1.165) is 16.6 Å². The van der Waals surface area contributed by atoms with Crippen LogP contribution in [-0.4, -0.2) is 15.1 Å². The maximum absolute atomic E-state index is 9.91. The average molecular weight is 245 g/mol. The normalized spacial score (nSPS) is 11.2. The van der Waals surface area contributed by atoms with Gasteiger partial charge in [-0.3, -0.25) is 0 Å². The van der Waals surface area contributed by atoms with Gasteiger partial charge < -0.3 is 5.11 Å². The molecular formula is C13H9ClN2O. The Balaban J connectivity index is 2.56. The minimum Gasteiger partial charge on any atom is -0.504 e. The maximum Gasteiger partial charge on any atom is 0.162 e. The van der Waals surface area contributed by atoms with Gasteiger partial charge in [0.05, 0.1) is 21.6 Å². The van der Waals surface area contributed by atoms with Crippen LogP contribution in [0.5, 0.6) is 5.75 Å². The molecule has 0 fully saturated rings. The lowest BCUT2D eigenvalue weighted by molar-refractivity contribution is 0.480. The van der Waals surface area contributed by atoms with Crippen LogP contribution in [0.4, 0.5) is 0 Å². The fourth-order valence-corrected chi connectivity index (χ4v) is 2.13. The van der Waals surface area contributed by atoms with Gasteiger partial charge in [0.25, 0.3) is 0 Å². The zero-order valence-electron chi connectivity index (χ0n) is 9.11. The highest BCUT2D eigenvalue weighted by Crippen LogP contribution is 2.33. The van der Waals surface area contributed by atoms with Crippen molar-refractivity contribution in [2.75, 3.05) is 0 Å². The van der Waals surface area contributed by atoms with Crippen molar-refractivity contribution in [1.29, 1.82) is 0 Å². The average Bonchev–Trinajstić information content (AvgIpc) is 2.34. The summed E-state index contributed by atoms with van der Waals surface area (Å²) in [7, 11) is 0. The van der Waals surface area contributed by atoms with Crippen LogP contribution < -0.4 is 0 Å². The first kappa shape index (κ1) is 10.3. The van der Waals surface area contributed by atoms with Crippen molar-refractivity contribution in [2.24, 2.45) is 0 Å². The number of aromatic hydroxyl groups is 1. The lowest BCUT2D eigenvalue weighted by Crippen LogP contribution is -1.90. The quantitative estimate of drug-likeness (QED) is 0.616. The topological polar surface area (TPSA) is 46.0 Å². The van der Waals surface area contributed by atoms with Gasteiger partial charge in [0.2, 0.25) is 0 Å². The predicted molar refractivity (Wildman–Crippen MR) is 68.5 cm³/mol. The van der Waals surface area contributed by atoms with Gasteiger partial charge >= 0.3 is 0 Å². The Hall–Kier alpha value is -1.87. The molecule has 1 heterocycles. The number of nitrogens with zero attached hydrogens (tertiary/aromatic N) is 2. The summed E-state index contributed by atoms with van der Waals surface area (Å²) in [5.41, 5.74) is 3.60. The van der Waals surface area contributed by atoms with Crippen LogP contribution in [0.1, 0.15) is 5.56 Å². The minimum atomic E-state index is -0.00878. The van der Waals surface area contributed by atoms with Crippen molar-refractivity contribution in [2.45, 2.75) is 6.92 Å². The summed E-state index contributed by atoms with van der Waals surface area (Å²) in [6.07, 6.45) is 0. The van der Waals surface area contributed by atoms with Crippen molar-refractivity contribution in [3.63, 3.8) is 0 Å². The molecule has 2 aromatic carbocycles. The predicted octanol–water partition coefficient (Wildman–Crippen LogP) is 3.45. The number of fused-ring (bicyclic) bond motifs is 2. The zero-order valence-corrected chi connectivity index (χ0v) is 9.86. The number of hydrogen-bond acceptors (Lipinski definition) is 3. The van der Waals surface area contributed by atoms with Crippen LogP contribution >= 0.6 is 11.6 Å². The monoisotopic (exact) mass is 244 g/mol.